The number of hydrogen-bond donors (Lipinski definition) is 0. The predicted octanol–water partition coefficient (Wildman–Crippen LogP) is 4.89. The van der Waals surface area contributed by atoms with Gasteiger partial charge in [-0.2, -0.15) is 0 Å². The smallest absolute Gasteiger partial charge is 0.236 e. The molecule has 4 nitrogen and oxygen atoms in total. The van der Waals surface area contributed by atoms with E-state index in [2.05, 4.69) is 4.98 Å². The Balaban J connectivity index is 1.52. The molecule has 0 radical (unpaired) electrons. The van der Waals surface area contributed by atoms with E-state index < -0.39 is 0 Å². The minimum Gasteiger partial charge on any atom is -0.444 e. The number of anilines is 1. The van der Waals surface area contributed by atoms with E-state index in [0.717, 1.165) is 16.9 Å². The Morgan fingerprint density at radius 2 is 1.88 bits per heavy atom. The van der Waals surface area contributed by atoms with E-state index in [1.807, 2.05) is 42.5 Å². The molecule has 0 saturated heterocycles. The third-order valence-corrected chi connectivity index (χ3v) is 4.84. The molecule has 0 fully saturated rings. The Morgan fingerprint density at radius 3 is 2.60 bits per heavy atom. The van der Waals surface area contributed by atoms with Gasteiger partial charge in [0.25, 0.3) is 0 Å². The summed E-state index contributed by atoms with van der Waals surface area (Å²) in [5.74, 6) is 1.61. The number of para-hydroxylation sites is 1. The number of hydrogen-bond acceptors (Lipinski definition) is 4. The second kappa shape index (κ2) is 8.23. The number of carbonyl (C=O) groups is 1. The van der Waals surface area contributed by atoms with Crippen molar-refractivity contribution in [2.45, 2.75) is 5.75 Å². The third-order valence-electron chi connectivity index (χ3n) is 3.64. The first kappa shape index (κ1) is 17.6. The molecule has 0 aliphatic rings. The zero-order chi connectivity index (χ0) is 17.6. The molecule has 0 aliphatic carbocycles. The number of amides is 1. The van der Waals surface area contributed by atoms with Crippen LogP contribution in [-0.2, 0) is 10.5 Å². The Kier molecular flexibility index (Phi) is 5.79. The Bertz CT molecular complexity index is 834. The number of rotatable bonds is 6. The van der Waals surface area contributed by atoms with E-state index in [-0.39, 0.29) is 5.91 Å². The molecular weight excluding hydrogens is 356 g/mol. The maximum Gasteiger partial charge on any atom is 0.236 e. The average molecular weight is 373 g/mol. The normalized spacial score (nSPS) is 10.6. The molecule has 1 aromatic heterocycles. The quantitative estimate of drug-likeness (QED) is 0.618. The van der Waals surface area contributed by atoms with Gasteiger partial charge >= 0.3 is 0 Å². The molecule has 0 atom stereocenters. The highest BCUT2D eigenvalue weighted by Gasteiger charge is 2.12. The van der Waals surface area contributed by atoms with E-state index in [9.17, 15) is 4.79 Å². The van der Waals surface area contributed by atoms with Crippen molar-refractivity contribution in [1.29, 1.82) is 0 Å². The van der Waals surface area contributed by atoms with Crippen molar-refractivity contribution in [2.75, 3.05) is 17.7 Å². The lowest BCUT2D eigenvalue weighted by Crippen LogP contribution is -2.27. The maximum absolute atomic E-state index is 12.2. The standard InChI is InChI=1S/C19H17ClN2O2S/c1-22(17-5-3-2-4-6-17)18(23)13-25-12-16-11-24-19(21-16)14-7-9-15(20)10-8-14/h2-11H,12-13H2,1H3. The molecule has 0 N–H and O–H groups in total. The Morgan fingerprint density at radius 1 is 1.16 bits per heavy atom. The van der Waals surface area contributed by atoms with Crippen molar-refractivity contribution in [2.24, 2.45) is 0 Å². The first-order valence-corrected chi connectivity index (χ1v) is 9.26. The van der Waals surface area contributed by atoms with Crippen molar-refractivity contribution in [3.63, 3.8) is 0 Å². The van der Waals surface area contributed by atoms with Gasteiger partial charge in [-0.05, 0) is 36.4 Å². The fraction of sp³-hybridized carbons (Fsp3) is 0.158. The number of nitrogens with zero attached hydrogens (tertiary/aromatic N) is 2. The van der Waals surface area contributed by atoms with E-state index in [4.69, 9.17) is 16.0 Å². The van der Waals surface area contributed by atoms with Gasteiger partial charge in [0, 0.05) is 29.1 Å². The summed E-state index contributed by atoms with van der Waals surface area (Å²) in [5, 5.41) is 0.673. The molecular formula is C19H17ClN2O2S. The van der Waals surface area contributed by atoms with Crippen LogP contribution in [0.3, 0.4) is 0 Å². The summed E-state index contributed by atoms with van der Waals surface area (Å²) in [6, 6.07) is 16.9. The van der Waals surface area contributed by atoms with Gasteiger partial charge < -0.3 is 9.32 Å². The summed E-state index contributed by atoms with van der Waals surface area (Å²) in [5.41, 5.74) is 2.57. The van der Waals surface area contributed by atoms with Crippen molar-refractivity contribution in [1.82, 2.24) is 4.98 Å². The van der Waals surface area contributed by atoms with E-state index in [1.165, 1.54) is 11.8 Å². The van der Waals surface area contributed by atoms with E-state index in [1.54, 1.807) is 30.3 Å². The summed E-state index contributed by atoms with van der Waals surface area (Å²) < 4.78 is 5.50. The summed E-state index contributed by atoms with van der Waals surface area (Å²) in [7, 11) is 1.78. The van der Waals surface area contributed by atoms with Gasteiger partial charge in [0.05, 0.1) is 11.4 Å². The summed E-state index contributed by atoms with van der Waals surface area (Å²) in [6.07, 6.45) is 1.63. The first-order valence-electron chi connectivity index (χ1n) is 7.73. The van der Waals surface area contributed by atoms with Crippen LogP contribution in [0.25, 0.3) is 11.5 Å². The van der Waals surface area contributed by atoms with Crippen molar-refractivity contribution in [3.8, 4) is 11.5 Å². The summed E-state index contributed by atoms with van der Waals surface area (Å²) in [6.45, 7) is 0. The van der Waals surface area contributed by atoms with Gasteiger partial charge in [0.1, 0.15) is 6.26 Å². The lowest BCUT2D eigenvalue weighted by atomic mass is 10.2. The summed E-state index contributed by atoms with van der Waals surface area (Å²) in [4.78, 5) is 18.4. The first-order chi connectivity index (χ1) is 12.1. The number of halogens is 1. The fourth-order valence-corrected chi connectivity index (χ4v) is 3.17. The lowest BCUT2D eigenvalue weighted by Gasteiger charge is -2.16. The fourth-order valence-electron chi connectivity index (χ4n) is 2.23. The van der Waals surface area contributed by atoms with Crippen LogP contribution in [0.5, 0.6) is 0 Å². The monoisotopic (exact) mass is 372 g/mol. The van der Waals surface area contributed by atoms with Crippen LogP contribution in [0.1, 0.15) is 5.69 Å². The minimum absolute atomic E-state index is 0.0534. The van der Waals surface area contributed by atoms with Crippen LogP contribution < -0.4 is 4.90 Å². The van der Waals surface area contributed by atoms with Crippen molar-refractivity contribution in [3.05, 3.63) is 71.6 Å². The molecule has 3 aromatic rings. The number of benzene rings is 2. The Labute approximate surface area is 155 Å². The Hall–Kier alpha value is -2.24. The molecule has 0 spiro atoms. The largest absolute Gasteiger partial charge is 0.444 e. The molecule has 0 aliphatic heterocycles. The van der Waals surface area contributed by atoms with Crippen LogP contribution in [0.4, 0.5) is 5.69 Å². The average Bonchev–Trinajstić information content (AvgIpc) is 3.11. The van der Waals surface area contributed by atoms with Crippen LogP contribution in [0, 0.1) is 0 Å². The number of aromatic nitrogens is 1. The molecule has 0 bridgehead atoms. The molecule has 0 saturated carbocycles. The van der Waals surface area contributed by atoms with Gasteiger partial charge in [-0.3, -0.25) is 4.79 Å². The second-order valence-electron chi connectivity index (χ2n) is 5.43. The van der Waals surface area contributed by atoms with Crippen molar-refractivity contribution >= 4 is 35.0 Å². The number of carbonyl (C=O) groups excluding carboxylic acids is 1. The van der Waals surface area contributed by atoms with Crippen LogP contribution >= 0.6 is 23.4 Å². The topological polar surface area (TPSA) is 46.3 Å². The van der Waals surface area contributed by atoms with E-state index in [0.29, 0.717) is 22.4 Å². The lowest BCUT2D eigenvalue weighted by molar-refractivity contribution is -0.115. The highest BCUT2D eigenvalue weighted by atomic mass is 35.5. The van der Waals surface area contributed by atoms with Crippen LogP contribution in [0.15, 0.2) is 65.3 Å². The van der Waals surface area contributed by atoms with Gasteiger partial charge in [-0.25, -0.2) is 4.98 Å². The highest BCUT2D eigenvalue weighted by Crippen LogP contribution is 2.23. The highest BCUT2D eigenvalue weighted by molar-refractivity contribution is 7.99. The van der Waals surface area contributed by atoms with Crippen LogP contribution in [0.2, 0.25) is 5.02 Å². The molecule has 128 valence electrons. The van der Waals surface area contributed by atoms with Gasteiger partial charge in [-0.1, -0.05) is 29.8 Å². The molecule has 1 heterocycles. The SMILES string of the molecule is CN(C(=O)CSCc1coc(-c2ccc(Cl)cc2)n1)c1ccccc1. The zero-order valence-electron chi connectivity index (χ0n) is 13.7. The molecule has 2 aromatic carbocycles. The third kappa shape index (κ3) is 4.65. The molecule has 6 heteroatoms. The number of thioether (sulfide) groups is 1. The van der Waals surface area contributed by atoms with Gasteiger partial charge in [0.15, 0.2) is 0 Å². The molecule has 0 unspecified atom stereocenters. The maximum atomic E-state index is 12.2. The minimum atomic E-state index is 0.0534. The van der Waals surface area contributed by atoms with E-state index >= 15 is 0 Å². The van der Waals surface area contributed by atoms with Crippen LogP contribution in [-0.4, -0.2) is 23.7 Å². The second-order valence-corrected chi connectivity index (χ2v) is 6.85. The van der Waals surface area contributed by atoms with Gasteiger partial charge in [-0.15, -0.1) is 11.8 Å². The number of oxazole rings is 1. The van der Waals surface area contributed by atoms with Gasteiger partial charge in [0.2, 0.25) is 11.8 Å². The zero-order valence-corrected chi connectivity index (χ0v) is 15.3. The molecule has 25 heavy (non-hydrogen) atoms. The van der Waals surface area contributed by atoms with Crippen molar-refractivity contribution < 1.29 is 9.21 Å². The molecule has 1 amide bonds. The molecule has 3 rings (SSSR count). The predicted molar refractivity (Wildman–Crippen MR) is 103 cm³/mol. The summed E-state index contributed by atoms with van der Waals surface area (Å²) >= 11 is 7.40.